The number of H-pyrrole nitrogens is 1. The van der Waals surface area contributed by atoms with Gasteiger partial charge in [0.1, 0.15) is 6.10 Å². The highest BCUT2D eigenvalue weighted by molar-refractivity contribution is 5.94. The number of rotatable bonds is 7. The van der Waals surface area contributed by atoms with Gasteiger partial charge < -0.3 is 19.7 Å². The van der Waals surface area contributed by atoms with Gasteiger partial charge >= 0.3 is 0 Å². The first-order valence-corrected chi connectivity index (χ1v) is 10.3. The highest BCUT2D eigenvalue weighted by Gasteiger charge is 2.28. The molecule has 1 aliphatic carbocycles. The largest absolute Gasteiger partial charge is 0.493 e. The van der Waals surface area contributed by atoms with Crippen molar-refractivity contribution in [1.29, 1.82) is 0 Å². The highest BCUT2D eigenvalue weighted by atomic mass is 16.5. The minimum atomic E-state index is -0.232. The van der Waals surface area contributed by atoms with Crippen LogP contribution in [-0.2, 0) is 6.54 Å². The standard InChI is InChI=1S/C20H28N6O3/c1-28-18-12-14(20(27)21-13-19-22-24-25-23-19)6-7-17(18)29-16-8-10-26(11-9-16)15-4-2-3-5-15/h6-7,12,15-16H,2-5,8-11,13H2,1H3,(H,21,27)(H,22,23,24,25). The molecule has 2 heterocycles. The number of carbonyl (C=O) groups excluding carboxylic acids is 1. The lowest BCUT2D eigenvalue weighted by Gasteiger charge is -2.36. The van der Waals surface area contributed by atoms with Gasteiger partial charge in [-0.05, 0) is 43.9 Å². The molecule has 156 valence electrons. The summed E-state index contributed by atoms with van der Waals surface area (Å²) in [6.45, 7) is 2.39. The molecule has 29 heavy (non-hydrogen) atoms. The molecule has 2 aromatic rings. The van der Waals surface area contributed by atoms with Crippen molar-refractivity contribution in [2.45, 2.75) is 57.2 Å². The first-order valence-electron chi connectivity index (χ1n) is 10.3. The van der Waals surface area contributed by atoms with Crippen LogP contribution >= 0.6 is 0 Å². The summed E-state index contributed by atoms with van der Waals surface area (Å²) in [5, 5.41) is 16.2. The molecular weight excluding hydrogens is 372 g/mol. The molecule has 1 aromatic heterocycles. The number of hydrogen-bond acceptors (Lipinski definition) is 7. The molecule has 1 saturated carbocycles. The van der Waals surface area contributed by atoms with E-state index in [-0.39, 0.29) is 18.6 Å². The zero-order chi connectivity index (χ0) is 20.1. The summed E-state index contributed by atoms with van der Waals surface area (Å²) in [7, 11) is 1.59. The van der Waals surface area contributed by atoms with Crippen LogP contribution in [0.5, 0.6) is 11.5 Å². The van der Waals surface area contributed by atoms with E-state index in [9.17, 15) is 4.79 Å². The van der Waals surface area contributed by atoms with Crippen LogP contribution in [0.2, 0.25) is 0 Å². The van der Waals surface area contributed by atoms with Crippen molar-refractivity contribution in [1.82, 2.24) is 30.8 Å². The Morgan fingerprint density at radius 1 is 1.21 bits per heavy atom. The van der Waals surface area contributed by atoms with Gasteiger partial charge in [0, 0.05) is 24.7 Å². The van der Waals surface area contributed by atoms with Gasteiger partial charge in [-0.1, -0.05) is 18.1 Å². The van der Waals surface area contributed by atoms with E-state index in [0.29, 0.717) is 22.9 Å². The smallest absolute Gasteiger partial charge is 0.251 e. The first kappa shape index (κ1) is 19.6. The quantitative estimate of drug-likeness (QED) is 0.731. The average molecular weight is 400 g/mol. The summed E-state index contributed by atoms with van der Waals surface area (Å²) in [6.07, 6.45) is 7.64. The Balaban J connectivity index is 1.32. The fourth-order valence-electron chi connectivity index (χ4n) is 4.23. The third kappa shape index (κ3) is 4.84. The van der Waals surface area contributed by atoms with Crippen LogP contribution < -0.4 is 14.8 Å². The van der Waals surface area contributed by atoms with Crippen molar-refractivity contribution in [3.63, 3.8) is 0 Å². The predicted octanol–water partition coefficient (Wildman–Crippen LogP) is 1.92. The lowest BCUT2D eigenvalue weighted by molar-refractivity contribution is 0.0750. The number of tetrazole rings is 1. The van der Waals surface area contributed by atoms with Crippen LogP contribution in [0.4, 0.5) is 0 Å². The number of likely N-dealkylation sites (tertiary alicyclic amines) is 1. The molecule has 1 aromatic carbocycles. The van der Waals surface area contributed by atoms with Crippen LogP contribution in [-0.4, -0.2) is 63.8 Å². The van der Waals surface area contributed by atoms with Gasteiger partial charge in [0.05, 0.1) is 13.7 Å². The van der Waals surface area contributed by atoms with Gasteiger partial charge in [-0.2, -0.15) is 5.21 Å². The van der Waals surface area contributed by atoms with Crippen LogP contribution in [0, 0.1) is 0 Å². The SMILES string of the molecule is COc1cc(C(=O)NCc2nn[nH]n2)ccc1OC1CCN(C2CCCC2)CC1. The van der Waals surface area contributed by atoms with E-state index in [1.165, 1.54) is 25.7 Å². The number of amides is 1. The Labute approximate surface area is 170 Å². The van der Waals surface area contributed by atoms with Gasteiger partial charge in [-0.25, -0.2) is 0 Å². The minimum Gasteiger partial charge on any atom is -0.493 e. The maximum Gasteiger partial charge on any atom is 0.251 e. The Morgan fingerprint density at radius 3 is 2.69 bits per heavy atom. The van der Waals surface area contributed by atoms with Crippen molar-refractivity contribution in [2.75, 3.05) is 20.2 Å². The molecule has 0 radical (unpaired) electrons. The number of nitrogens with one attached hydrogen (secondary N) is 2. The second-order valence-electron chi connectivity index (χ2n) is 7.67. The van der Waals surface area contributed by atoms with Gasteiger partial charge in [0.25, 0.3) is 5.91 Å². The molecule has 9 nitrogen and oxygen atoms in total. The second-order valence-corrected chi connectivity index (χ2v) is 7.67. The van der Waals surface area contributed by atoms with Crippen molar-refractivity contribution in [3.8, 4) is 11.5 Å². The molecule has 2 aliphatic rings. The minimum absolute atomic E-state index is 0.180. The molecule has 1 amide bonds. The number of methoxy groups -OCH3 is 1. The zero-order valence-corrected chi connectivity index (χ0v) is 16.8. The van der Waals surface area contributed by atoms with Crippen molar-refractivity contribution in [3.05, 3.63) is 29.6 Å². The molecule has 0 bridgehead atoms. The topological polar surface area (TPSA) is 105 Å². The van der Waals surface area contributed by atoms with E-state index >= 15 is 0 Å². The van der Waals surface area contributed by atoms with Crippen LogP contribution in [0.1, 0.15) is 54.7 Å². The molecular formula is C20H28N6O3. The second kappa shape index (κ2) is 9.21. The molecule has 4 rings (SSSR count). The highest BCUT2D eigenvalue weighted by Crippen LogP contribution is 2.32. The molecule has 2 N–H and O–H groups in total. The summed E-state index contributed by atoms with van der Waals surface area (Å²) in [4.78, 5) is 15.0. The number of nitrogens with zero attached hydrogens (tertiary/aromatic N) is 4. The molecule has 9 heteroatoms. The number of benzene rings is 1. The van der Waals surface area contributed by atoms with Gasteiger partial charge in [-0.15, -0.1) is 10.2 Å². The number of carbonyl (C=O) groups is 1. The lowest BCUT2D eigenvalue weighted by atomic mass is 10.0. The van der Waals surface area contributed by atoms with E-state index < -0.39 is 0 Å². The first-order chi connectivity index (χ1) is 14.2. The number of hydrogen-bond donors (Lipinski definition) is 2. The summed E-state index contributed by atoms with van der Waals surface area (Å²) in [6, 6.07) is 6.03. The van der Waals surface area contributed by atoms with E-state index in [1.807, 2.05) is 6.07 Å². The third-order valence-electron chi connectivity index (χ3n) is 5.83. The third-order valence-corrected chi connectivity index (χ3v) is 5.83. The summed E-state index contributed by atoms with van der Waals surface area (Å²) < 4.78 is 11.7. The molecule has 0 unspecified atom stereocenters. The van der Waals surface area contributed by atoms with Crippen LogP contribution in [0.15, 0.2) is 18.2 Å². The van der Waals surface area contributed by atoms with E-state index in [4.69, 9.17) is 9.47 Å². The number of aromatic nitrogens is 4. The predicted molar refractivity (Wildman–Crippen MR) is 106 cm³/mol. The number of aromatic amines is 1. The average Bonchev–Trinajstić information content (AvgIpc) is 3.47. The van der Waals surface area contributed by atoms with Crippen molar-refractivity contribution in [2.24, 2.45) is 0 Å². The maximum atomic E-state index is 12.4. The lowest BCUT2D eigenvalue weighted by Crippen LogP contribution is -2.43. The van der Waals surface area contributed by atoms with Crippen molar-refractivity contribution >= 4 is 5.91 Å². The summed E-state index contributed by atoms with van der Waals surface area (Å²) >= 11 is 0. The zero-order valence-electron chi connectivity index (χ0n) is 16.8. The van der Waals surface area contributed by atoms with E-state index in [1.54, 1.807) is 19.2 Å². The molecule has 0 atom stereocenters. The van der Waals surface area contributed by atoms with Crippen molar-refractivity contribution < 1.29 is 14.3 Å². The maximum absolute atomic E-state index is 12.4. The van der Waals surface area contributed by atoms with Gasteiger partial charge in [0.15, 0.2) is 17.3 Å². The van der Waals surface area contributed by atoms with Crippen LogP contribution in [0.3, 0.4) is 0 Å². The fraction of sp³-hybridized carbons (Fsp3) is 0.600. The Kier molecular flexibility index (Phi) is 6.24. The molecule has 0 spiro atoms. The fourth-order valence-corrected chi connectivity index (χ4v) is 4.23. The summed E-state index contributed by atoms with van der Waals surface area (Å²) in [5.41, 5.74) is 0.494. The van der Waals surface area contributed by atoms with Crippen LogP contribution in [0.25, 0.3) is 0 Å². The Hall–Kier alpha value is -2.68. The number of ether oxygens (including phenoxy) is 2. The monoisotopic (exact) mass is 400 g/mol. The van der Waals surface area contributed by atoms with Gasteiger partial charge in [-0.3, -0.25) is 4.79 Å². The Bertz CT molecular complexity index is 799. The molecule has 2 fully saturated rings. The molecule has 1 saturated heterocycles. The summed E-state index contributed by atoms with van der Waals surface area (Å²) in [5.74, 6) is 1.44. The van der Waals surface area contributed by atoms with E-state index in [2.05, 4.69) is 30.8 Å². The van der Waals surface area contributed by atoms with E-state index in [0.717, 1.165) is 32.0 Å². The molecule has 1 aliphatic heterocycles. The normalized spacial score (nSPS) is 18.7. The van der Waals surface area contributed by atoms with Gasteiger partial charge in [0.2, 0.25) is 0 Å². The number of piperidine rings is 1. The Morgan fingerprint density at radius 2 is 2.00 bits per heavy atom.